The molecule has 0 radical (unpaired) electrons. The standard InChI is InChI=1S/C23H38O3/c1-22(2,26)10-7-18-8-11-23(16-18)9-3-4-17(15-23)5-6-19-12-20(24)14-21(25)13-19/h5-6,18,20-21,24-26H,3-4,7-16H2,1-2H3/b17-5-/t18?,20-,21-,23+/m1/s1. The van der Waals surface area contributed by atoms with Crippen molar-refractivity contribution in [1.29, 1.82) is 0 Å². The van der Waals surface area contributed by atoms with E-state index >= 15 is 0 Å². The summed E-state index contributed by atoms with van der Waals surface area (Å²) in [6.07, 6.45) is 16.8. The van der Waals surface area contributed by atoms with Crippen molar-refractivity contribution in [2.24, 2.45) is 11.3 Å². The topological polar surface area (TPSA) is 60.7 Å². The Morgan fingerprint density at radius 2 is 1.77 bits per heavy atom. The first kappa shape index (κ1) is 20.1. The first-order valence-corrected chi connectivity index (χ1v) is 10.7. The molecule has 0 aliphatic heterocycles. The van der Waals surface area contributed by atoms with Crippen LogP contribution in [-0.4, -0.2) is 33.1 Å². The molecule has 3 fully saturated rings. The van der Waals surface area contributed by atoms with Gasteiger partial charge in [0.25, 0.3) is 0 Å². The van der Waals surface area contributed by atoms with Crippen LogP contribution in [-0.2, 0) is 0 Å². The van der Waals surface area contributed by atoms with E-state index in [0.717, 1.165) is 18.8 Å². The molecule has 0 bridgehead atoms. The minimum absolute atomic E-state index is 0.382. The van der Waals surface area contributed by atoms with Crippen molar-refractivity contribution >= 4 is 0 Å². The van der Waals surface area contributed by atoms with E-state index in [4.69, 9.17) is 0 Å². The largest absolute Gasteiger partial charge is 0.393 e. The van der Waals surface area contributed by atoms with Gasteiger partial charge in [0.1, 0.15) is 0 Å². The molecule has 0 amide bonds. The van der Waals surface area contributed by atoms with Crippen LogP contribution in [0.1, 0.15) is 90.9 Å². The lowest BCUT2D eigenvalue weighted by molar-refractivity contribution is 0.0608. The van der Waals surface area contributed by atoms with E-state index in [2.05, 4.69) is 12.2 Å². The van der Waals surface area contributed by atoms with Gasteiger partial charge in [0, 0.05) is 0 Å². The molecule has 3 nitrogen and oxygen atoms in total. The molecule has 0 saturated heterocycles. The summed E-state index contributed by atoms with van der Waals surface area (Å²) in [6.45, 7) is 3.84. The monoisotopic (exact) mass is 362 g/mol. The van der Waals surface area contributed by atoms with E-state index in [1.807, 2.05) is 13.8 Å². The molecule has 3 aliphatic carbocycles. The van der Waals surface area contributed by atoms with Crippen LogP contribution >= 0.6 is 0 Å². The van der Waals surface area contributed by atoms with Crippen LogP contribution in [0.2, 0.25) is 0 Å². The Hall–Kier alpha value is -0.640. The molecule has 0 aromatic heterocycles. The molecule has 26 heavy (non-hydrogen) atoms. The normalized spacial score (nSPS) is 37.5. The minimum Gasteiger partial charge on any atom is -0.393 e. The smallest absolute Gasteiger partial charge is 0.0602 e. The van der Waals surface area contributed by atoms with Gasteiger partial charge in [-0.15, -0.1) is 0 Å². The second-order valence-corrected chi connectivity index (χ2v) is 10.1. The zero-order chi connectivity index (χ0) is 18.8. The van der Waals surface area contributed by atoms with E-state index in [1.54, 1.807) is 5.57 Å². The van der Waals surface area contributed by atoms with Gasteiger partial charge in [-0.3, -0.25) is 0 Å². The van der Waals surface area contributed by atoms with Crippen molar-refractivity contribution < 1.29 is 15.3 Å². The highest BCUT2D eigenvalue weighted by atomic mass is 16.3. The Bertz CT molecular complexity index is 530. The van der Waals surface area contributed by atoms with E-state index < -0.39 is 5.60 Å². The molecule has 4 atom stereocenters. The van der Waals surface area contributed by atoms with Gasteiger partial charge in [0.05, 0.1) is 17.8 Å². The second kappa shape index (κ2) is 8.16. The third kappa shape index (κ3) is 5.68. The average molecular weight is 363 g/mol. The summed E-state index contributed by atoms with van der Waals surface area (Å²) < 4.78 is 0. The summed E-state index contributed by atoms with van der Waals surface area (Å²) >= 11 is 0. The van der Waals surface area contributed by atoms with E-state index in [9.17, 15) is 15.3 Å². The Labute approximate surface area is 159 Å². The highest BCUT2D eigenvalue weighted by molar-refractivity contribution is 5.22. The number of hydrogen-bond acceptors (Lipinski definition) is 3. The highest BCUT2D eigenvalue weighted by Gasteiger charge is 2.40. The van der Waals surface area contributed by atoms with Gasteiger partial charge in [-0.05, 0) is 102 Å². The van der Waals surface area contributed by atoms with E-state index in [0.29, 0.717) is 24.7 Å². The lowest BCUT2D eigenvalue weighted by Gasteiger charge is -2.35. The lowest BCUT2D eigenvalue weighted by Crippen LogP contribution is -2.25. The number of allylic oxidation sites excluding steroid dienone is 3. The molecule has 0 heterocycles. The van der Waals surface area contributed by atoms with Gasteiger partial charge < -0.3 is 15.3 Å². The van der Waals surface area contributed by atoms with Crippen molar-refractivity contribution in [3.63, 3.8) is 0 Å². The maximum absolute atomic E-state index is 10.0. The predicted molar refractivity (Wildman–Crippen MR) is 106 cm³/mol. The zero-order valence-corrected chi connectivity index (χ0v) is 16.7. The van der Waals surface area contributed by atoms with Crippen molar-refractivity contribution in [1.82, 2.24) is 0 Å². The van der Waals surface area contributed by atoms with Gasteiger partial charge in [-0.1, -0.05) is 23.3 Å². The summed E-state index contributed by atoms with van der Waals surface area (Å²) in [5.74, 6) is 0.780. The molecular formula is C23H38O3. The van der Waals surface area contributed by atoms with Crippen molar-refractivity contribution in [2.45, 2.75) is 109 Å². The molecule has 3 heteroatoms. The maximum Gasteiger partial charge on any atom is 0.0602 e. The minimum atomic E-state index is -0.533. The molecule has 3 saturated carbocycles. The van der Waals surface area contributed by atoms with Crippen LogP contribution in [0.15, 0.2) is 23.3 Å². The fraction of sp³-hybridized carbons (Fsp3) is 0.826. The fourth-order valence-electron chi connectivity index (χ4n) is 5.55. The molecule has 1 unspecified atom stereocenters. The Morgan fingerprint density at radius 1 is 1.08 bits per heavy atom. The van der Waals surface area contributed by atoms with Crippen LogP contribution in [0.5, 0.6) is 0 Å². The van der Waals surface area contributed by atoms with Gasteiger partial charge >= 0.3 is 0 Å². The second-order valence-electron chi connectivity index (χ2n) is 10.1. The molecular weight excluding hydrogens is 324 g/mol. The summed E-state index contributed by atoms with van der Waals surface area (Å²) in [4.78, 5) is 0. The summed E-state index contributed by atoms with van der Waals surface area (Å²) in [5.41, 5.74) is 2.71. The number of aliphatic hydroxyl groups is 3. The van der Waals surface area contributed by atoms with Gasteiger partial charge in [-0.25, -0.2) is 0 Å². The Kier molecular flexibility index (Phi) is 6.31. The number of rotatable bonds is 4. The Balaban J connectivity index is 1.57. The molecule has 0 aromatic rings. The van der Waals surface area contributed by atoms with Crippen LogP contribution in [0.3, 0.4) is 0 Å². The summed E-state index contributed by atoms with van der Waals surface area (Å²) in [7, 11) is 0. The average Bonchev–Trinajstić information content (AvgIpc) is 2.92. The van der Waals surface area contributed by atoms with Gasteiger partial charge in [0.2, 0.25) is 0 Å². The third-order valence-electron chi connectivity index (χ3n) is 6.87. The van der Waals surface area contributed by atoms with E-state index in [1.165, 1.54) is 50.5 Å². The maximum atomic E-state index is 10.0. The van der Waals surface area contributed by atoms with Gasteiger partial charge in [-0.2, -0.15) is 0 Å². The summed E-state index contributed by atoms with van der Waals surface area (Å²) in [6, 6.07) is 0. The van der Waals surface area contributed by atoms with Crippen LogP contribution in [0.4, 0.5) is 0 Å². The third-order valence-corrected chi connectivity index (χ3v) is 6.87. The molecule has 3 aliphatic rings. The number of aliphatic hydroxyl groups excluding tert-OH is 2. The van der Waals surface area contributed by atoms with Crippen LogP contribution in [0, 0.1) is 11.3 Å². The van der Waals surface area contributed by atoms with Gasteiger partial charge in [0.15, 0.2) is 0 Å². The predicted octanol–water partition coefficient (Wildman–Crippen LogP) is 4.66. The molecule has 148 valence electrons. The molecule has 1 spiro atoms. The zero-order valence-electron chi connectivity index (χ0n) is 16.7. The SMILES string of the molecule is CC(C)(O)CCC1CC[C@]2(CCC/C(=C/C=C3C[C@@H](O)C[C@H](O)C3)C2)C1. The summed E-state index contributed by atoms with van der Waals surface area (Å²) in [5, 5.41) is 29.7. The van der Waals surface area contributed by atoms with Crippen LogP contribution in [0.25, 0.3) is 0 Å². The molecule has 3 rings (SSSR count). The van der Waals surface area contributed by atoms with Crippen molar-refractivity contribution in [3.05, 3.63) is 23.3 Å². The fourth-order valence-corrected chi connectivity index (χ4v) is 5.55. The Morgan fingerprint density at radius 3 is 2.46 bits per heavy atom. The first-order valence-electron chi connectivity index (χ1n) is 10.7. The highest BCUT2D eigenvalue weighted by Crippen LogP contribution is 2.53. The molecule has 0 aromatic carbocycles. The lowest BCUT2D eigenvalue weighted by atomic mass is 9.70. The molecule has 3 N–H and O–H groups in total. The quantitative estimate of drug-likeness (QED) is 0.682. The van der Waals surface area contributed by atoms with Crippen molar-refractivity contribution in [3.8, 4) is 0 Å². The van der Waals surface area contributed by atoms with Crippen molar-refractivity contribution in [2.75, 3.05) is 0 Å². The van der Waals surface area contributed by atoms with Crippen LogP contribution < -0.4 is 0 Å². The number of hydrogen-bond donors (Lipinski definition) is 3. The van der Waals surface area contributed by atoms with E-state index in [-0.39, 0.29) is 12.2 Å². The first-order chi connectivity index (χ1) is 12.2.